The highest BCUT2D eigenvalue weighted by Gasteiger charge is 2.22. The van der Waals surface area contributed by atoms with Crippen molar-refractivity contribution in [1.29, 1.82) is 0 Å². The Balaban J connectivity index is 2.23. The summed E-state index contributed by atoms with van der Waals surface area (Å²) in [4.78, 5) is 0. The maximum absolute atomic E-state index is 9.45. The van der Waals surface area contributed by atoms with Gasteiger partial charge in [0.1, 0.15) is 0 Å². The number of aliphatic hydroxyl groups is 2. The summed E-state index contributed by atoms with van der Waals surface area (Å²) in [7, 11) is 0. The molecule has 0 saturated heterocycles. The Labute approximate surface area is 119 Å². The van der Waals surface area contributed by atoms with Gasteiger partial charge in [0, 0.05) is 29.9 Å². The van der Waals surface area contributed by atoms with Crippen molar-refractivity contribution in [1.82, 2.24) is 0 Å². The van der Waals surface area contributed by atoms with E-state index in [0.717, 1.165) is 24.1 Å². The lowest BCUT2D eigenvalue weighted by atomic mass is 9.84. The van der Waals surface area contributed by atoms with Crippen LogP contribution in [0.5, 0.6) is 0 Å². The van der Waals surface area contributed by atoms with Crippen LogP contribution in [0.25, 0.3) is 0 Å². The fourth-order valence-electron chi connectivity index (χ4n) is 2.50. The van der Waals surface area contributed by atoms with Gasteiger partial charge in [-0.25, -0.2) is 0 Å². The molecule has 0 radical (unpaired) electrons. The molecule has 0 aliphatic heterocycles. The van der Waals surface area contributed by atoms with Gasteiger partial charge < -0.3 is 27.0 Å². The number of benzene rings is 1. The van der Waals surface area contributed by atoms with E-state index >= 15 is 0 Å². The van der Waals surface area contributed by atoms with Crippen LogP contribution in [0.4, 0.5) is 11.4 Å². The molecule has 7 N–H and O–H groups in total. The van der Waals surface area contributed by atoms with Crippen LogP contribution in [0.3, 0.4) is 0 Å². The molecule has 0 heterocycles. The maximum atomic E-state index is 9.45. The summed E-state index contributed by atoms with van der Waals surface area (Å²) in [5.74, 6) is 0.126. The number of nitrogen functional groups attached to an aromatic ring is 1. The summed E-state index contributed by atoms with van der Waals surface area (Å²) < 4.78 is 0. The Bertz CT molecular complexity index is 476. The molecule has 0 amide bonds. The lowest BCUT2D eigenvalue weighted by Crippen LogP contribution is -2.30. The first kappa shape index (κ1) is 14.8. The van der Waals surface area contributed by atoms with E-state index in [4.69, 9.17) is 16.6 Å². The van der Waals surface area contributed by atoms with Gasteiger partial charge in [-0.3, -0.25) is 0 Å². The molecule has 3 unspecified atom stereocenters. The largest absolute Gasteiger partial charge is 0.399 e. The highest BCUT2D eigenvalue weighted by Crippen LogP contribution is 2.33. The van der Waals surface area contributed by atoms with E-state index in [9.17, 15) is 5.11 Å². The predicted octanol–water partition coefficient (Wildman–Crippen LogP) is 0.795. The standard InChI is InChI=1S/C15H23N3O2/c16-10-5-6-15(18-8-11(20)9-19)13(7-10)12-3-1-2-4-14(12)17/h1,3,5-7,11-12,14,18-20H,2,4,8-9,16-17H2. The van der Waals surface area contributed by atoms with Crippen molar-refractivity contribution < 1.29 is 10.2 Å². The van der Waals surface area contributed by atoms with Crippen molar-refractivity contribution in [3.8, 4) is 0 Å². The second-order valence-corrected chi connectivity index (χ2v) is 5.26. The molecule has 20 heavy (non-hydrogen) atoms. The van der Waals surface area contributed by atoms with Crippen LogP contribution in [0.2, 0.25) is 0 Å². The second kappa shape index (κ2) is 6.74. The Hall–Kier alpha value is -1.56. The van der Waals surface area contributed by atoms with Crippen molar-refractivity contribution in [2.45, 2.75) is 30.9 Å². The summed E-state index contributed by atoms with van der Waals surface area (Å²) >= 11 is 0. The minimum atomic E-state index is -0.782. The number of rotatable bonds is 5. The molecule has 1 aromatic rings. The Morgan fingerprint density at radius 3 is 2.90 bits per heavy atom. The summed E-state index contributed by atoms with van der Waals surface area (Å²) in [6.45, 7) is 0.0270. The van der Waals surface area contributed by atoms with Crippen LogP contribution >= 0.6 is 0 Å². The third-order valence-corrected chi connectivity index (χ3v) is 3.64. The maximum Gasteiger partial charge on any atom is 0.0942 e. The molecule has 2 rings (SSSR count). The molecule has 1 aliphatic carbocycles. The third-order valence-electron chi connectivity index (χ3n) is 3.64. The van der Waals surface area contributed by atoms with E-state index in [0.29, 0.717) is 12.2 Å². The van der Waals surface area contributed by atoms with Crippen LogP contribution in [-0.2, 0) is 0 Å². The van der Waals surface area contributed by atoms with Gasteiger partial charge in [0.25, 0.3) is 0 Å². The molecule has 5 nitrogen and oxygen atoms in total. The number of allylic oxidation sites excluding steroid dienone is 1. The average molecular weight is 277 g/mol. The third kappa shape index (κ3) is 3.50. The fraction of sp³-hybridized carbons (Fsp3) is 0.467. The summed E-state index contributed by atoms with van der Waals surface area (Å²) in [6, 6.07) is 5.71. The van der Waals surface area contributed by atoms with Crippen molar-refractivity contribution >= 4 is 11.4 Å². The molecule has 0 bridgehead atoms. The Morgan fingerprint density at radius 1 is 1.40 bits per heavy atom. The molecule has 1 aliphatic rings. The van der Waals surface area contributed by atoms with Crippen molar-refractivity contribution in [2.24, 2.45) is 5.73 Å². The zero-order chi connectivity index (χ0) is 14.5. The van der Waals surface area contributed by atoms with Crippen LogP contribution in [0.15, 0.2) is 30.4 Å². The zero-order valence-corrected chi connectivity index (χ0v) is 11.5. The SMILES string of the molecule is Nc1ccc(NCC(O)CO)c(C2C=CCCC2N)c1. The van der Waals surface area contributed by atoms with Crippen molar-refractivity contribution in [3.63, 3.8) is 0 Å². The Morgan fingerprint density at radius 2 is 2.20 bits per heavy atom. The number of nitrogens with one attached hydrogen (secondary N) is 1. The quantitative estimate of drug-likeness (QED) is 0.404. The molecule has 5 heteroatoms. The first-order valence-electron chi connectivity index (χ1n) is 6.96. The highest BCUT2D eigenvalue weighted by atomic mass is 16.3. The van der Waals surface area contributed by atoms with E-state index in [1.54, 1.807) is 0 Å². The van der Waals surface area contributed by atoms with Crippen LogP contribution < -0.4 is 16.8 Å². The van der Waals surface area contributed by atoms with Gasteiger partial charge in [-0.2, -0.15) is 0 Å². The number of nitrogens with two attached hydrogens (primary N) is 2. The van der Waals surface area contributed by atoms with E-state index in [1.165, 1.54) is 0 Å². The first-order valence-corrected chi connectivity index (χ1v) is 6.96. The predicted molar refractivity (Wildman–Crippen MR) is 81.5 cm³/mol. The highest BCUT2D eigenvalue weighted by molar-refractivity contribution is 5.60. The second-order valence-electron chi connectivity index (χ2n) is 5.26. The van der Waals surface area contributed by atoms with E-state index in [2.05, 4.69) is 17.5 Å². The molecular formula is C15H23N3O2. The van der Waals surface area contributed by atoms with Gasteiger partial charge in [-0.1, -0.05) is 12.2 Å². The van der Waals surface area contributed by atoms with E-state index in [1.807, 2.05) is 18.2 Å². The molecule has 110 valence electrons. The normalized spacial score (nSPS) is 23.6. The average Bonchev–Trinajstić information content (AvgIpc) is 2.46. The van der Waals surface area contributed by atoms with Crippen LogP contribution in [0.1, 0.15) is 24.3 Å². The van der Waals surface area contributed by atoms with Gasteiger partial charge in [0.15, 0.2) is 0 Å². The lowest BCUT2D eigenvalue weighted by molar-refractivity contribution is 0.105. The van der Waals surface area contributed by atoms with Gasteiger partial charge >= 0.3 is 0 Å². The van der Waals surface area contributed by atoms with E-state index < -0.39 is 6.10 Å². The number of hydrogen-bond donors (Lipinski definition) is 5. The topological polar surface area (TPSA) is 105 Å². The molecule has 1 aromatic carbocycles. The lowest BCUT2D eigenvalue weighted by Gasteiger charge is -2.27. The summed E-state index contributed by atoms with van der Waals surface area (Å²) in [5, 5.41) is 21.5. The van der Waals surface area contributed by atoms with Crippen molar-refractivity contribution in [3.05, 3.63) is 35.9 Å². The van der Waals surface area contributed by atoms with Gasteiger partial charge in [-0.05, 0) is 36.6 Å². The summed E-state index contributed by atoms with van der Waals surface area (Å²) in [5.41, 5.74) is 14.7. The molecule has 0 saturated carbocycles. The minimum Gasteiger partial charge on any atom is -0.399 e. The number of hydrogen-bond acceptors (Lipinski definition) is 5. The van der Waals surface area contributed by atoms with Gasteiger partial charge in [-0.15, -0.1) is 0 Å². The minimum absolute atomic E-state index is 0.0742. The van der Waals surface area contributed by atoms with Crippen molar-refractivity contribution in [2.75, 3.05) is 24.2 Å². The smallest absolute Gasteiger partial charge is 0.0942 e. The Kier molecular flexibility index (Phi) is 5.00. The van der Waals surface area contributed by atoms with Gasteiger partial charge in [0.2, 0.25) is 0 Å². The monoisotopic (exact) mass is 277 g/mol. The molecule has 0 spiro atoms. The number of anilines is 2. The first-order chi connectivity index (χ1) is 9.61. The van der Waals surface area contributed by atoms with Gasteiger partial charge in [0.05, 0.1) is 12.7 Å². The zero-order valence-electron chi connectivity index (χ0n) is 11.5. The molecule has 0 fully saturated rings. The molecular weight excluding hydrogens is 254 g/mol. The number of aliphatic hydroxyl groups excluding tert-OH is 2. The summed E-state index contributed by atoms with van der Waals surface area (Å²) in [6.07, 6.45) is 5.44. The van der Waals surface area contributed by atoms with Crippen LogP contribution in [-0.4, -0.2) is 35.5 Å². The molecule has 0 aromatic heterocycles. The fourth-order valence-corrected chi connectivity index (χ4v) is 2.50. The van der Waals surface area contributed by atoms with Crippen LogP contribution in [0, 0.1) is 0 Å². The molecule has 3 atom stereocenters. The van der Waals surface area contributed by atoms with E-state index in [-0.39, 0.29) is 18.6 Å².